The van der Waals surface area contributed by atoms with E-state index in [-0.39, 0.29) is 5.41 Å². The Morgan fingerprint density at radius 1 is 1.44 bits per heavy atom. The molecule has 0 saturated carbocycles. The molecular formula is C12H15N5O. The molecule has 6 heteroatoms. The summed E-state index contributed by atoms with van der Waals surface area (Å²) in [6, 6.07) is 1.77. The topological polar surface area (TPSA) is 76.7 Å². The van der Waals surface area contributed by atoms with Crippen LogP contribution in [0.15, 0.2) is 23.1 Å². The van der Waals surface area contributed by atoms with Crippen LogP contribution in [0.25, 0.3) is 11.5 Å². The summed E-state index contributed by atoms with van der Waals surface area (Å²) >= 11 is 0. The van der Waals surface area contributed by atoms with Gasteiger partial charge in [0.1, 0.15) is 12.0 Å². The molecule has 3 rings (SSSR count). The van der Waals surface area contributed by atoms with Crippen molar-refractivity contribution in [3.8, 4) is 11.5 Å². The molecule has 1 aliphatic heterocycles. The van der Waals surface area contributed by atoms with Gasteiger partial charge >= 0.3 is 0 Å². The van der Waals surface area contributed by atoms with Gasteiger partial charge in [0.2, 0.25) is 11.7 Å². The Morgan fingerprint density at radius 2 is 2.39 bits per heavy atom. The number of nitrogens with one attached hydrogen (secondary N) is 1. The van der Waals surface area contributed by atoms with Crippen molar-refractivity contribution in [1.82, 2.24) is 25.4 Å². The highest BCUT2D eigenvalue weighted by Gasteiger charge is 2.34. The van der Waals surface area contributed by atoms with E-state index in [9.17, 15) is 0 Å². The highest BCUT2D eigenvalue weighted by molar-refractivity contribution is 5.46. The lowest BCUT2D eigenvalue weighted by molar-refractivity contribution is 0.245. The van der Waals surface area contributed by atoms with Crippen molar-refractivity contribution in [2.24, 2.45) is 0 Å². The monoisotopic (exact) mass is 245 g/mol. The molecule has 1 N–H and O–H groups in total. The van der Waals surface area contributed by atoms with Crippen molar-refractivity contribution in [2.45, 2.75) is 25.2 Å². The van der Waals surface area contributed by atoms with Gasteiger partial charge in [0, 0.05) is 12.7 Å². The number of hydrogen-bond acceptors (Lipinski definition) is 6. The van der Waals surface area contributed by atoms with Crippen molar-refractivity contribution in [2.75, 3.05) is 13.1 Å². The Kier molecular flexibility index (Phi) is 2.79. The van der Waals surface area contributed by atoms with E-state index in [0.29, 0.717) is 17.4 Å². The molecule has 1 aliphatic rings. The van der Waals surface area contributed by atoms with Gasteiger partial charge in [-0.05, 0) is 32.4 Å². The molecule has 0 aromatic carbocycles. The normalized spacial score (nSPS) is 24.1. The van der Waals surface area contributed by atoms with Gasteiger partial charge in [-0.3, -0.25) is 0 Å². The van der Waals surface area contributed by atoms with Crippen LogP contribution in [0.4, 0.5) is 0 Å². The zero-order chi connectivity index (χ0) is 12.4. The van der Waals surface area contributed by atoms with E-state index in [1.54, 1.807) is 12.3 Å². The van der Waals surface area contributed by atoms with Gasteiger partial charge in [-0.15, -0.1) is 0 Å². The predicted molar refractivity (Wildman–Crippen MR) is 64.8 cm³/mol. The predicted octanol–water partition coefficient (Wildman–Crippen LogP) is 1.17. The number of hydrogen-bond donors (Lipinski definition) is 1. The molecule has 0 amide bonds. The number of aromatic nitrogens is 4. The van der Waals surface area contributed by atoms with E-state index < -0.39 is 0 Å². The minimum absolute atomic E-state index is 0.0729. The van der Waals surface area contributed by atoms with Crippen LogP contribution in [-0.4, -0.2) is 33.2 Å². The Bertz CT molecular complexity index is 518. The largest absolute Gasteiger partial charge is 0.338 e. The maximum absolute atomic E-state index is 5.40. The average molecular weight is 245 g/mol. The Morgan fingerprint density at radius 3 is 3.11 bits per heavy atom. The molecule has 0 spiro atoms. The summed E-state index contributed by atoms with van der Waals surface area (Å²) in [4.78, 5) is 12.5. The molecule has 2 aromatic heterocycles. The fraction of sp³-hybridized carbons (Fsp3) is 0.500. The third kappa shape index (κ3) is 1.99. The van der Waals surface area contributed by atoms with Crippen LogP contribution in [0.1, 0.15) is 25.7 Å². The first kappa shape index (κ1) is 11.3. The highest BCUT2D eigenvalue weighted by atomic mass is 16.5. The summed E-state index contributed by atoms with van der Waals surface area (Å²) in [6.07, 6.45) is 5.34. The average Bonchev–Trinajstić information content (AvgIpc) is 2.91. The first-order chi connectivity index (χ1) is 8.78. The summed E-state index contributed by atoms with van der Waals surface area (Å²) in [5, 5.41) is 7.37. The first-order valence-corrected chi connectivity index (χ1v) is 6.09. The van der Waals surface area contributed by atoms with Gasteiger partial charge in [0.15, 0.2) is 0 Å². The molecule has 1 atom stereocenters. The van der Waals surface area contributed by atoms with Crippen molar-refractivity contribution in [1.29, 1.82) is 0 Å². The van der Waals surface area contributed by atoms with Crippen LogP contribution in [0.5, 0.6) is 0 Å². The molecule has 0 radical (unpaired) electrons. The van der Waals surface area contributed by atoms with E-state index in [0.717, 1.165) is 25.9 Å². The number of piperidine rings is 1. The van der Waals surface area contributed by atoms with Crippen LogP contribution in [0.3, 0.4) is 0 Å². The summed E-state index contributed by atoms with van der Waals surface area (Å²) in [7, 11) is 0. The zero-order valence-electron chi connectivity index (χ0n) is 10.3. The molecule has 6 nitrogen and oxygen atoms in total. The molecule has 0 aliphatic carbocycles. The maximum Gasteiger partial charge on any atom is 0.234 e. The van der Waals surface area contributed by atoms with Gasteiger partial charge in [-0.25, -0.2) is 9.97 Å². The Balaban J connectivity index is 1.89. The fourth-order valence-corrected chi connectivity index (χ4v) is 2.23. The minimum atomic E-state index is -0.0729. The van der Waals surface area contributed by atoms with Gasteiger partial charge in [0.25, 0.3) is 0 Å². The van der Waals surface area contributed by atoms with Crippen molar-refractivity contribution < 1.29 is 4.52 Å². The van der Waals surface area contributed by atoms with Crippen LogP contribution >= 0.6 is 0 Å². The molecule has 1 fully saturated rings. The second-order valence-electron chi connectivity index (χ2n) is 4.86. The minimum Gasteiger partial charge on any atom is -0.338 e. The summed E-state index contributed by atoms with van der Waals surface area (Å²) < 4.78 is 5.40. The zero-order valence-corrected chi connectivity index (χ0v) is 10.3. The summed E-state index contributed by atoms with van der Waals surface area (Å²) in [5.41, 5.74) is 0.614. The lowest BCUT2D eigenvalue weighted by Gasteiger charge is -2.30. The smallest absolute Gasteiger partial charge is 0.234 e. The third-order valence-corrected chi connectivity index (χ3v) is 3.35. The Labute approximate surface area is 105 Å². The SMILES string of the molecule is CC1(c2nc(-c3ccncn3)no2)CCCNC1. The van der Waals surface area contributed by atoms with Gasteiger partial charge < -0.3 is 9.84 Å². The van der Waals surface area contributed by atoms with Crippen molar-refractivity contribution in [3.63, 3.8) is 0 Å². The van der Waals surface area contributed by atoms with Crippen molar-refractivity contribution >= 4 is 0 Å². The molecule has 18 heavy (non-hydrogen) atoms. The van der Waals surface area contributed by atoms with E-state index in [4.69, 9.17) is 4.52 Å². The second-order valence-corrected chi connectivity index (χ2v) is 4.86. The molecular weight excluding hydrogens is 230 g/mol. The van der Waals surface area contributed by atoms with Crippen LogP contribution in [-0.2, 0) is 5.41 Å². The quantitative estimate of drug-likeness (QED) is 0.855. The van der Waals surface area contributed by atoms with E-state index in [1.165, 1.54) is 6.33 Å². The Hall–Kier alpha value is -1.82. The van der Waals surface area contributed by atoms with E-state index in [2.05, 4.69) is 32.3 Å². The van der Waals surface area contributed by atoms with E-state index >= 15 is 0 Å². The lowest BCUT2D eigenvalue weighted by atomic mass is 9.83. The molecule has 1 saturated heterocycles. The molecule has 94 valence electrons. The van der Waals surface area contributed by atoms with E-state index in [1.807, 2.05) is 0 Å². The summed E-state index contributed by atoms with van der Waals surface area (Å²) in [5.74, 6) is 1.21. The summed E-state index contributed by atoms with van der Waals surface area (Å²) in [6.45, 7) is 4.08. The fourth-order valence-electron chi connectivity index (χ4n) is 2.23. The van der Waals surface area contributed by atoms with Crippen LogP contribution < -0.4 is 5.32 Å². The standard InChI is InChI=1S/C12H15N5O/c1-12(4-2-5-13-7-12)11-16-10(17-18-11)9-3-6-14-8-15-9/h3,6,8,13H,2,4-5,7H2,1H3. The first-order valence-electron chi connectivity index (χ1n) is 6.09. The third-order valence-electron chi connectivity index (χ3n) is 3.35. The lowest BCUT2D eigenvalue weighted by Crippen LogP contribution is -2.41. The van der Waals surface area contributed by atoms with Gasteiger partial charge in [-0.2, -0.15) is 4.98 Å². The second kappa shape index (κ2) is 4.45. The molecule has 3 heterocycles. The van der Waals surface area contributed by atoms with Gasteiger partial charge in [0.05, 0.1) is 5.41 Å². The van der Waals surface area contributed by atoms with Gasteiger partial charge in [-0.1, -0.05) is 5.16 Å². The molecule has 1 unspecified atom stereocenters. The molecule has 2 aromatic rings. The highest BCUT2D eigenvalue weighted by Crippen LogP contribution is 2.30. The van der Waals surface area contributed by atoms with Crippen molar-refractivity contribution in [3.05, 3.63) is 24.5 Å². The number of rotatable bonds is 2. The van der Waals surface area contributed by atoms with Crippen LogP contribution in [0, 0.1) is 0 Å². The van der Waals surface area contributed by atoms with Crippen LogP contribution in [0.2, 0.25) is 0 Å². The maximum atomic E-state index is 5.40. The number of nitrogens with zero attached hydrogens (tertiary/aromatic N) is 4. The molecule has 0 bridgehead atoms.